The summed E-state index contributed by atoms with van der Waals surface area (Å²) in [5, 5.41) is 0. The first kappa shape index (κ1) is 14.3. The predicted octanol–water partition coefficient (Wildman–Crippen LogP) is 4.04. The first-order valence-electron chi connectivity index (χ1n) is 7.20. The zero-order chi connectivity index (χ0) is 15.4. The van der Waals surface area contributed by atoms with Crippen molar-refractivity contribution in [2.45, 2.75) is 39.7 Å². The van der Waals surface area contributed by atoms with Crippen LogP contribution in [0.4, 0.5) is 8.78 Å². The van der Waals surface area contributed by atoms with Crippen molar-refractivity contribution >= 4 is 0 Å². The Morgan fingerprint density at radius 1 is 1.14 bits per heavy atom. The minimum absolute atomic E-state index is 0.0258. The highest BCUT2D eigenvalue weighted by molar-refractivity contribution is 5.44. The zero-order valence-corrected chi connectivity index (χ0v) is 12.6. The number of benzene rings is 1. The third kappa shape index (κ3) is 2.48. The van der Waals surface area contributed by atoms with E-state index in [-0.39, 0.29) is 11.5 Å². The van der Waals surface area contributed by atoms with E-state index >= 15 is 0 Å². The van der Waals surface area contributed by atoms with Crippen molar-refractivity contribution in [3.05, 3.63) is 52.9 Å². The molecular weight excluding hydrogens is 270 g/mol. The van der Waals surface area contributed by atoms with Gasteiger partial charge in [0.25, 0.3) is 0 Å². The number of rotatable bonds is 1. The lowest BCUT2D eigenvalue weighted by atomic mass is 9.74. The number of aromatic nitrogens is 1. The quantitative estimate of drug-likeness (QED) is 0.844. The number of hydrogen-bond donors (Lipinski definition) is 1. The molecule has 0 bridgehead atoms. The van der Waals surface area contributed by atoms with Crippen molar-refractivity contribution in [3.8, 4) is 5.69 Å². The molecule has 0 amide bonds. The number of nitrogens with zero attached hydrogens (tertiary/aromatic N) is 1. The molecule has 1 heterocycles. The first-order chi connectivity index (χ1) is 9.77. The summed E-state index contributed by atoms with van der Waals surface area (Å²) in [6.07, 6.45) is 1.77. The Balaban J connectivity index is 2.21. The molecule has 2 N–H and O–H groups in total. The maximum atomic E-state index is 13.5. The van der Waals surface area contributed by atoms with Gasteiger partial charge in [0.2, 0.25) is 0 Å². The Bertz CT molecular complexity index is 681. The average molecular weight is 290 g/mol. The van der Waals surface area contributed by atoms with Crippen molar-refractivity contribution in [3.63, 3.8) is 0 Å². The molecule has 0 saturated heterocycles. The second kappa shape index (κ2) is 4.67. The Morgan fingerprint density at radius 3 is 2.38 bits per heavy atom. The minimum atomic E-state index is -0.564. The molecule has 0 aliphatic heterocycles. The molecule has 1 aliphatic rings. The SMILES string of the molecule is Cc1cc2c(n1-c1cc(F)cc(F)c1)CC(C)(C)CC2N. The summed E-state index contributed by atoms with van der Waals surface area (Å²) in [5.41, 5.74) is 10.0. The van der Waals surface area contributed by atoms with Crippen LogP contribution < -0.4 is 5.73 Å². The summed E-state index contributed by atoms with van der Waals surface area (Å²) < 4.78 is 29.0. The Morgan fingerprint density at radius 2 is 1.76 bits per heavy atom. The number of fused-ring (bicyclic) bond motifs is 1. The molecule has 1 atom stereocenters. The van der Waals surface area contributed by atoms with Gasteiger partial charge in [-0.2, -0.15) is 0 Å². The van der Waals surface area contributed by atoms with E-state index in [1.807, 2.05) is 17.6 Å². The van der Waals surface area contributed by atoms with Gasteiger partial charge in [0.05, 0.1) is 5.69 Å². The van der Waals surface area contributed by atoms with Crippen LogP contribution in [-0.4, -0.2) is 4.57 Å². The van der Waals surface area contributed by atoms with Crippen LogP contribution in [0.15, 0.2) is 24.3 Å². The lowest BCUT2D eigenvalue weighted by Gasteiger charge is -2.34. The predicted molar refractivity (Wildman–Crippen MR) is 79.5 cm³/mol. The van der Waals surface area contributed by atoms with Crippen LogP contribution in [-0.2, 0) is 6.42 Å². The lowest BCUT2D eigenvalue weighted by Crippen LogP contribution is -2.30. The van der Waals surface area contributed by atoms with Gasteiger partial charge in [0.1, 0.15) is 11.6 Å². The standard InChI is InChI=1S/C17H20F2N2/c1-10-4-14-15(20)8-17(2,3)9-16(14)21(10)13-6-11(18)5-12(19)7-13/h4-7,15H,8-9,20H2,1-3H3. The molecule has 0 spiro atoms. The Hall–Kier alpha value is -1.68. The Labute approximate surface area is 123 Å². The van der Waals surface area contributed by atoms with E-state index in [0.29, 0.717) is 5.69 Å². The summed E-state index contributed by atoms with van der Waals surface area (Å²) in [7, 11) is 0. The fraction of sp³-hybridized carbons (Fsp3) is 0.412. The fourth-order valence-corrected chi connectivity index (χ4v) is 3.48. The summed E-state index contributed by atoms with van der Waals surface area (Å²) in [6.45, 7) is 6.30. The molecule has 1 unspecified atom stereocenters. The number of aryl methyl sites for hydroxylation is 1. The van der Waals surface area contributed by atoms with Crippen LogP contribution >= 0.6 is 0 Å². The highest BCUT2D eigenvalue weighted by Gasteiger charge is 2.33. The number of nitrogens with two attached hydrogens (primary N) is 1. The van der Waals surface area contributed by atoms with Crippen LogP contribution in [0.1, 0.15) is 43.3 Å². The molecule has 0 fully saturated rings. The van der Waals surface area contributed by atoms with E-state index in [9.17, 15) is 8.78 Å². The summed E-state index contributed by atoms with van der Waals surface area (Å²) in [6, 6.07) is 5.64. The monoisotopic (exact) mass is 290 g/mol. The van der Waals surface area contributed by atoms with Gasteiger partial charge in [-0.25, -0.2) is 8.78 Å². The molecule has 0 saturated carbocycles. The van der Waals surface area contributed by atoms with Crippen molar-refractivity contribution in [1.82, 2.24) is 4.57 Å². The van der Waals surface area contributed by atoms with Gasteiger partial charge in [-0.15, -0.1) is 0 Å². The summed E-state index contributed by atoms with van der Waals surface area (Å²) in [5.74, 6) is -1.13. The molecule has 2 aromatic rings. The highest BCUT2D eigenvalue weighted by Crippen LogP contribution is 2.41. The largest absolute Gasteiger partial charge is 0.324 e. The van der Waals surface area contributed by atoms with Gasteiger partial charge in [-0.1, -0.05) is 13.8 Å². The van der Waals surface area contributed by atoms with Crippen LogP contribution in [0, 0.1) is 24.0 Å². The molecule has 3 rings (SSSR count). The zero-order valence-electron chi connectivity index (χ0n) is 12.6. The van der Waals surface area contributed by atoms with E-state index in [0.717, 1.165) is 35.9 Å². The van der Waals surface area contributed by atoms with Gasteiger partial charge in [-0.3, -0.25) is 0 Å². The van der Waals surface area contributed by atoms with Gasteiger partial charge in [0.15, 0.2) is 0 Å². The van der Waals surface area contributed by atoms with Crippen molar-refractivity contribution < 1.29 is 8.78 Å². The van der Waals surface area contributed by atoms with E-state index in [1.54, 1.807) is 0 Å². The number of halogens is 2. The van der Waals surface area contributed by atoms with E-state index in [4.69, 9.17) is 5.73 Å². The second-order valence-electron chi connectivity index (χ2n) is 6.80. The second-order valence-corrected chi connectivity index (χ2v) is 6.80. The summed E-state index contributed by atoms with van der Waals surface area (Å²) in [4.78, 5) is 0. The topological polar surface area (TPSA) is 30.9 Å². The molecule has 1 aromatic heterocycles. The molecule has 112 valence electrons. The maximum absolute atomic E-state index is 13.5. The van der Waals surface area contributed by atoms with Gasteiger partial charge in [0, 0.05) is 23.5 Å². The van der Waals surface area contributed by atoms with E-state index in [1.165, 1.54) is 12.1 Å². The van der Waals surface area contributed by atoms with Crippen molar-refractivity contribution in [2.75, 3.05) is 0 Å². The third-order valence-corrected chi connectivity index (χ3v) is 4.24. The lowest BCUT2D eigenvalue weighted by molar-refractivity contribution is 0.278. The van der Waals surface area contributed by atoms with Gasteiger partial charge in [-0.05, 0) is 48.9 Å². The molecule has 1 aromatic carbocycles. The third-order valence-electron chi connectivity index (χ3n) is 4.24. The molecule has 21 heavy (non-hydrogen) atoms. The molecule has 0 radical (unpaired) electrons. The Kier molecular flexibility index (Phi) is 3.17. The fourth-order valence-electron chi connectivity index (χ4n) is 3.48. The molecular formula is C17H20F2N2. The number of hydrogen-bond acceptors (Lipinski definition) is 1. The highest BCUT2D eigenvalue weighted by atomic mass is 19.1. The van der Waals surface area contributed by atoms with Crippen LogP contribution in [0.5, 0.6) is 0 Å². The van der Waals surface area contributed by atoms with Crippen LogP contribution in [0.2, 0.25) is 0 Å². The van der Waals surface area contributed by atoms with Crippen molar-refractivity contribution in [1.29, 1.82) is 0 Å². The molecule has 4 heteroatoms. The maximum Gasteiger partial charge on any atom is 0.128 e. The van der Waals surface area contributed by atoms with Crippen LogP contribution in [0.3, 0.4) is 0 Å². The minimum Gasteiger partial charge on any atom is -0.324 e. The van der Waals surface area contributed by atoms with Crippen molar-refractivity contribution in [2.24, 2.45) is 11.1 Å². The normalized spacial score (nSPS) is 20.4. The smallest absolute Gasteiger partial charge is 0.128 e. The average Bonchev–Trinajstić information content (AvgIpc) is 2.63. The first-order valence-corrected chi connectivity index (χ1v) is 7.20. The summed E-state index contributed by atoms with van der Waals surface area (Å²) >= 11 is 0. The van der Waals surface area contributed by atoms with Crippen LogP contribution in [0.25, 0.3) is 5.69 Å². The van der Waals surface area contributed by atoms with E-state index < -0.39 is 11.6 Å². The van der Waals surface area contributed by atoms with Gasteiger partial charge >= 0.3 is 0 Å². The molecule has 1 aliphatic carbocycles. The van der Waals surface area contributed by atoms with E-state index in [2.05, 4.69) is 13.8 Å². The van der Waals surface area contributed by atoms with Gasteiger partial charge < -0.3 is 10.3 Å². The molecule has 2 nitrogen and oxygen atoms in total.